The Labute approximate surface area is 180 Å². The summed E-state index contributed by atoms with van der Waals surface area (Å²) in [6.07, 6.45) is 0. The summed E-state index contributed by atoms with van der Waals surface area (Å²) < 4.78 is 3.72. The maximum Gasteiger partial charge on any atom is 0.259 e. The third-order valence-corrected chi connectivity index (χ3v) is 6.43. The first-order chi connectivity index (χ1) is 14.0. The molecule has 0 aliphatic rings. The third kappa shape index (κ3) is 2.81. The Balaban J connectivity index is 1.88. The number of nitrogens with zero attached hydrogens (tertiary/aromatic N) is 3. The molecule has 0 fully saturated rings. The molecule has 0 saturated heterocycles. The Morgan fingerprint density at radius 3 is 2.48 bits per heavy atom. The van der Waals surface area contributed by atoms with Gasteiger partial charge in [0.05, 0.1) is 21.7 Å². The van der Waals surface area contributed by atoms with Gasteiger partial charge in [-0.3, -0.25) is 9.36 Å². The van der Waals surface area contributed by atoms with Crippen LogP contribution in [-0.4, -0.2) is 14.1 Å². The van der Waals surface area contributed by atoms with Gasteiger partial charge in [-0.05, 0) is 30.3 Å². The highest BCUT2D eigenvalue weighted by atomic mass is 35.5. The summed E-state index contributed by atoms with van der Waals surface area (Å²) in [6, 6.07) is 13.4. The highest BCUT2D eigenvalue weighted by Gasteiger charge is 2.18. The molecule has 7 heteroatoms. The van der Waals surface area contributed by atoms with Gasteiger partial charge in [-0.2, -0.15) is 0 Å². The van der Waals surface area contributed by atoms with E-state index in [0.29, 0.717) is 21.2 Å². The van der Waals surface area contributed by atoms with Crippen molar-refractivity contribution in [1.82, 2.24) is 14.1 Å². The van der Waals surface area contributed by atoms with E-state index in [1.807, 2.05) is 28.6 Å². The van der Waals surface area contributed by atoms with E-state index in [1.54, 1.807) is 41.2 Å². The number of aromatic nitrogens is 3. The van der Waals surface area contributed by atoms with Crippen LogP contribution in [0, 0.1) is 0 Å². The highest BCUT2D eigenvalue weighted by Crippen LogP contribution is 2.35. The lowest BCUT2D eigenvalue weighted by molar-refractivity contribution is 0.846. The SMILES string of the molecule is Cn1c(=O)c(-c2ccc(Cl)cc2Cl)cc2c3cc(-c4cscn4)ccc3n(C)c21. The molecule has 0 N–H and O–H groups in total. The molecule has 4 nitrogen and oxygen atoms in total. The molecule has 0 atom stereocenters. The van der Waals surface area contributed by atoms with Crippen LogP contribution in [0.15, 0.2) is 58.1 Å². The lowest BCUT2D eigenvalue weighted by Gasteiger charge is -2.09. The minimum Gasteiger partial charge on any atom is -0.330 e. The fourth-order valence-electron chi connectivity index (χ4n) is 3.91. The second-order valence-electron chi connectivity index (χ2n) is 6.95. The van der Waals surface area contributed by atoms with Crippen LogP contribution in [0.5, 0.6) is 0 Å². The lowest BCUT2D eigenvalue weighted by atomic mass is 10.0. The highest BCUT2D eigenvalue weighted by molar-refractivity contribution is 7.07. The molecule has 0 aliphatic heterocycles. The van der Waals surface area contributed by atoms with Crippen molar-refractivity contribution in [2.24, 2.45) is 14.1 Å². The zero-order valence-corrected chi connectivity index (χ0v) is 17.9. The van der Waals surface area contributed by atoms with Crippen LogP contribution in [0.25, 0.3) is 44.3 Å². The van der Waals surface area contributed by atoms with Crippen molar-refractivity contribution >= 4 is 56.5 Å². The number of hydrogen-bond donors (Lipinski definition) is 0. The van der Waals surface area contributed by atoms with E-state index in [1.165, 1.54) is 0 Å². The van der Waals surface area contributed by atoms with Crippen LogP contribution in [0.3, 0.4) is 0 Å². The molecule has 29 heavy (non-hydrogen) atoms. The molecule has 0 amide bonds. The van der Waals surface area contributed by atoms with Gasteiger partial charge in [0, 0.05) is 52.0 Å². The molecule has 5 rings (SSSR count). The molecule has 0 spiro atoms. The van der Waals surface area contributed by atoms with Crippen LogP contribution in [0.4, 0.5) is 0 Å². The van der Waals surface area contributed by atoms with Crippen LogP contribution < -0.4 is 5.56 Å². The summed E-state index contributed by atoms with van der Waals surface area (Å²) in [5.41, 5.74) is 6.84. The zero-order chi connectivity index (χ0) is 20.3. The van der Waals surface area contributed by atoms with Gasteiger partial charge in [0.15, 0.2) is 0 Å². The summed E-state index contributed by atoms with van der Waals surface area (Å²) in [7, 11) is 3.76. The topological polar surface area (TPSA) is 39.8 Å². The fourth-order valence-corrected chi connectivity index (χ4v) is 4.98. The number of halogens is 2. The van der Waals surface area contributed by atoms with Crippen molar-refractivity contribution in [3.8, 4) is 22.4 Å². The molecular weight excluding hydrogens is 425 g/mol. The second-order valence-corrected chi connectivity index (χ2v) is 8.51. The number of pyridine rings is 1. The number of fused-ring (bicyclic) bond motifs is 3. The third-order valence-electron chi connectivity index (χ3n) is 5.30. The maximum atomic E-state index is 13.2. The van der Waals surface area contributed by atoms with E-state index in [0.717, 1.165) is 33.2 Å². The van der Waals surface area contributed by atoms with E-state index < -0.39 is 0 Å². The standard InChI is InChI=1S/C22H15Cl2N3OS/c1-26-20-6-3-12(19-10-29-11-25-19)7-15(20)16-9-17(22(28)27(2)21(16)26)14-5-4-13(23)8-18(14)24/h3-11H,1-2H3. The molecule has 0 bridgehead atoms. The molecule has 0 aliphatic carbocycles. The largest absolute Gasteiger partial charge is 0.330 e. The van der Waals surface area contributed by atoms with Crippen molar-refractivity contribution in [3.05, 3.63) is 73.8 Å². The Bertz CT molecular complexity index is 1470. The summed E-state index contributed by atoms with van der Waals surface area (Å²) in [4.78, 5) is 17.6. The first-order valence-electron chi connectivity index (χ1n) is 8.92. The number of hydrogen-bond acceptors (Lipinski definition) is 3. The molecule has 0 unspecified atom stereocenters. The normalized spacial score (nSPS) is 11.6. The van der Waals surface area contributed by atoms with Crippen molar-refractivity contribution in [2.75, 3.05) is 0 Å². The van der Waals surface area contributed by atoms with E-state index in [9.17, 15) is 4.79 Å². The molecule has 3 aromatic heterocycles. The van der Waals surface area contributed by atoms with Crippen LogP contribution in [0.2, 0.25) is 10.0 Å². The number of rotatable bonds is 2. The number of thiazole rings is 1. The van der Waals surface area contributed by atoms with Gasteiger partial charge >= 0.3 is 0 Å². The summed E-state index contributed by atoms with van der Waals surface area (Å²) in [6.45, 7) is 0. The Hall–Kier alpha value is -2.60. The van der Waals surface area contributed by atoms with E-state index >= 15 is 0 Å². The fraction of sp³-hybridized carbons (Fsp3) is 0.0909. The lowest BCUT2D eigenvalue weighted by Crippen LogP contribution is -2.20. The van der Waals surface area contributed by atoms with E-state index in [-0.39, 0.29) is 5.56 Å². The average Bonchev–Trinajstić information content (AvgIpc) is 3.32. The molecule has 3 heterocycles. The van der Waals surface area contributed by atoms with Gasteiger partial charge in [0.25, 0.3) is 5.56 Å². The monoisotopic (exact) mass is 439 g/mol. The smallest absolute Gasteiger partial charge is 0.259 e. The number of benzene rings is 2. The number of aryl methyl sites for hydroxylation is 2. The Kier molecular flexibility index (Phi) is 4.28. The van der Waals surface area contributed by atoms with Gasteiger partial charge in [-0.15, -0.1) is 11.3 Å². The van der Waals surface area contributed by atoms with Crippen molar-refractivity contribution < 1.29 is 0 Å². The molecular formula is C22H15Cl2N3OS. The molecule has 144 valence electrons. The average molecular weight is 440 g/mol. The van der Waals surface area contributed by atoms with Gasteiger partial charge in [0.2, 0.25) is 0 Å². The molecule has 5 aromatic rings. The predicted molar refractivity (Wildman–Crippen MR) is 122 cm³/mol. The minimum absolute atomic E-state index is 0.104. The molecule has 0 radical (unpaired) electrons. The van der Waals surface area contributed by atoms with Crippen LogP contribution >= 0.6 is 34.5 Å². The first-order valence-corrected chi connectivity index (χ1v) is 10.6. The summed E-state index contributed by atoms with van der Waals surface area (Å²) in [5.74, 6) is 0. The second kappa shape index (κ2) is 6.73. The van der Waals surface area contributed by atoms with E-state index in [4.69, 9.17) is 23.2 Å². The van der Waals surface area contributed by atoms with Gasteiger partial charge in [-0.25, -0.2) is 4.98 Å². The van der Waals surface area contributed by atoms with Crippen LogP contribution in [0.1, 0.15) is 0 Å². The van der Waals surface area contributed by atoms with Crippen LogP contribution in [-0.2, 0) is 14.1 Å². The van der Waals surface area contributed by atoms with Crippen molar-refractivity contribution in [1.29, 1.82) is 0 Å². The zero-order valence-electron chi connectivity index (χ0n) is 15.6. The Morgan fingerprint density at radius 2 is 1.76 bits per heavy atom. The minimum atomic E-state index is -0.104. The summed E-state index contributed by atoms with van der Waals surface area (Å²) in [5, 5.41) is 5.07. The van der Waals surface area contributed by atoms with Gasteiger partial charge < -0.3 is 4.57 Å². The van der Waals surface area contributed by atoms with Crippen molar-refractivity contribution in [2.45, 2.75) is 0 Å². The van der Waals surface area contributed by atoms with Crippen molar-refractivity contribution in [3.63, 3.8) is 0 Å². The summed E-state index contributed by atoms with van der Waals surface area (Å²) >= 11 is 14.0. The quantitative estimate of drug-likeness (QED) is 0.331. The van der Waals surface area contributed by atoms with Gasteiger partial charge in [0.1, 0.15) is 5.65 Å². The predicted octanol–water partition coefficient (Wildman–Crippen LogP) is 6.13. The molecule has 2 aromatic carbocycles. The molecule has 0 saturated carbocycles. The maximum absolute atomic E-state index is 13.2. The first kappa shape index (κ1) is 18.4. The van der Waals surface area contributed by atoms with Gasteiger partial charge in [-0.1, -0.05) is 35.3 Å². The Morgan fingerprint density at radius 1 is 0.931 bits per heavy atom. The van der Waals surface area contributed by atoms with E-state index in [2.05, 4.69) is 23.2 Å².